The minimum absolute atomic E-state index is 0.133. The predicted molar refractivity (Wildman–Crippen MR) is 125 cm³/mol. The number of nitrogens with one attached hydrogen (secondary N) is 1. The van der Waals surface area contributed by atoms with E-state index in [2.05, 4.69) is 5.32 Å². The molecule has 0 saturated carbocycles. The van der Waals surface area contributed by atoms with Gasteiger partial charge >= 0.3 is 0 Å². The highest BCUT2D eigenvalue weighted by molar-refractivity contribution is 7.89. The van der Waals surface area contributed by atoms with Gasteiger partial charge in [0.05, 0.1) is 27.2 Å². The molecule has 0 radical (unpaired) electrons. The van der Waals surface area contributed by atoms with Gasteiger partial charge in [-0.1, -0.05) is 12.1 Å². The Morgan fingerprint density at radius 3 is 2.42 bits per heavy atom. The van der Waals surface area contributed by atoms with E-state index >= 15 is 0 Å². The van der Waals surface area contributed by atoms with E-state index in [0.29, 0.717) is 49.6 Å². The molecule has 0 unspecified atom stereocenters. The van der Waals surface area contributed by atoms with Crippen LogP contribution in [-0.4, -0.2) is 59.6 Å². The lowest BCUT2D eigenvalue weighted by atomic mass is 9.99. The zero-order valence-corrected chi connectivity index (χ0v) is 20.4. The highest BCUT2D eigenvalue weighted by Crippen LogP contribution is 2.31. The zero-order valence-electron chi connectivity index (χ0n) is 19.6. The smallest absolute Gasteiger partial charge is 0.246 e. The number of carbonyl (C=O) groups is 1. The minimum atomic E-state index is -3.77. The highest BCUT2D eigenvalue weighted by atomic mass is 32.2. The quantitative estimate of drug-likeness (QED) is 0.598. The van der Waals surface area contributed by atoms with Crippen LogP contribution >= 0.6 is 0 Å². The lowest BCUT2D eigenvalue weighted by Crippen LogP contribution is -2.45. The van der Waals surface area contributed by atoms with E-state index in [-0.39, 0.29) is 17.3 Å². The second kappa shape index (κ2) is 10.9. The van der Waals surface area contributed by atoms with Crippen LogP contribution in [0.3, 0.4) is 0 Å². The molecule has 9 heteroatoms. The average Bonchev–Trinajstić information content (AvgIpc) is 2.83. The molecule has 2 aromatic rings. The number of sulfonamides is 1. The standard InChI is InChI=1S/C24H32N2O6S/c1-17-7-9-21(31-3)23(14-17)33(28,29)26-13-5-6-19(16-26)24(27)25-12-11-18-8-10-20(30-2)22(15-18)32-4/h7-10,14-15,19H,5-6,11-13,16H2,1-4H3,(H,25,27)/t19-/m0/s1. The fourth-order valence-electron chi connectivity index (χ4n) is 4.01. The van der Waals surface area contributed by atoms with Crippen LogP contribution in [0.5, 0.6) is 17.2 Å². The van der Waals surface area contributed by atoms with Gasteiger partial charge in [-0.2, -0.15) is 4.31 Å². The van der Waals surface area contributed by atoms with Crippen LogP contribution in [0.1, 0.15) is 24.0 Å². The number of benzene rings is 2. The molecule has 0 aliphatic carbocycles. The van der Waals surface area contributed by atoms with Gasteiger partial charge in [0.2, 0.25) is 15.9 Å². The molecule has 3 rings (SSSR count). The first-order valence-corrected chi connectivity index (χ1v) is 12.4. The van der Waals surface area contributed by atoms with Crippen LogP contribution < -0.4 is 19.5 Å². The van der Waals surface area contributed by atoms with Crippen molar-refractivity contribution in [3.63, 3.8) is 0 Å². The summed E-state index contributed by atoms with van der Waals surface area (Å²) < 4.78 is 43.8. The third-order valence-electron chi connectivity index (χ3n) is 5.85. The van der Waals surface area contributed by atoms with Gasteiger partial charge in [-0.05, 0) is 61.6 Å². The molecule has 1 atom stereocenters. The van der Waals surface area contributed by atoms with Crippen LogP contribution in [0.15, 0.2) is 41.3 Å². The van der Waals surface area contributed by atoms with Gasteiger partial charge in [-0.3, -0.25) is 4.79 Å². The molecule has 8 nitrogen and oxygen atoms in total. The third kappa shape index (κ3) is 5.78. The summed E-state index contributed by atoms with van der Waals surface area (Å²) in [6.07, 6.45) is 1.90. The van der Waals surface area contributed by atoms with Crippen molar-refractivity contribution in [2.24, 2.45) is 5.92 Å². The molecule has 1 saturated heterocycles. The number of nitrogens with zero attached hydrogens (tertiary/aromatic N) is 1. The maximum Gasteiger partial charge on any atom is 0.246 e. The van der Waals surface area contributed by atoms with Crippen molar-refractivity contribution in [2.75, 3.05) is 41.0 Å². The fourth-order valence-corrected chi connectivity index (χ4v) is 5.77. The number of amides is 1. The van der Waals surface area contributed by atoms with Crippen LogP contribution in [0.25, 0.3) is 0 Å². The average molecular weight is 477 g/mol. The Morgan fingerprint density at radius 1 is 1.03 bits per heavy atom. The molecule has 1 heterocycles. The Morgan fingerprint density at radius 2 is 1.73 bits per heavy atom. The summed E-state index contributed by atoms with van der Waals surface area (Å²) in [7, 11) is 0.850. The molecule has 0 spiro atoms. The first kappa shape index (κ1) is 24.9. The van der Waals surface area contributed by atoms with Gasteiger partial charge in [0, 0.05) is 19.6 Å². The van der Waals surface area contributed by atoms with Gasteiger partial charge in [0.15, 0.2) is 11.5 Å². The lowest BCUT2D eigenvalue weighted by Gasteiger charge is -2.31. The number of aryl methyl sites for hydroxylation is 1. The molecule has 1 aliphatic rings. The first-order chi connectivity index (χ1) is 15.8. The summed E-state index contributed by atoms with van der Waals surface area (Å²) in [4.78, 5) is 12.9. The number of rotatable bonds is 9. The number of piperidine rings is 1. The Labute approximate surface area is 195 Å². The molecular weight excluding hydrogens is 444 g/mol. The highest BCUT2D eigenvalue weighted by Gasteiger charge is 2.34. The molecule has 1 amide bonds. The monoisotopic (exact) mass is 476 g/mol. The van der Waals surface area contributed by atoms with E-state index < -0.39 is 15.9 Å². The summed E-state index contributed by atoms with van der Waals surface area (Å²) in [5, 5.41) is 2.95. The van der Waals surface area contributed by atoms with Gasteiger partial charge in [0.1, 0.15) is 10.6 Å². The summed E-state index contributed by atoms with van der Waals surface area (Å²) >= 11 is 0. The van der Waals surface area contributed by atoms with E-state index in [1.807, 2.05) is 31.2 Å². The molecule has 1 aliphatic heterocycles. The van der Waals surface area contributed by atoms with E-state index in [0.717, 1.165) is 11.1 Å². The van der Waals surface area contributed by atoms with Gasteiger partial charge in [-0.25, -0.2) is 8.42 Å². The molecular formula is C24H32N2O6S. The largest absolute Gasteiger partial charge is 0.495 e. The number of ether oxygens (including phenoxy) is 3. The molecule has 2 aromatic carbocycles. The van der Waals surface area contributed by atoms with E-state index in [9.17, 15) is 13.2 Å². The third-order valence-corrected chi connectivity index (χ3v) is 7.74. The van der Waals surface area contributed by atoms with Crippen molar-refractivity contribution in [2.45, 2.75) is 31.1 Å². The second-order valence-corrected chi connectivity index (χ2v) is 9.99. The van der Waals surface area contributed by atoms with Crippen molar-refractivity contribution in [3.05, 3.63) is 47.5 Å². The second-order valence-electron chi connectivity index (χ2n) is 8.09. The summed E-state index contributed by atoms with van der Waals surface area (Å²) in [6.45, 7) is 2.82. The van der Waals surface area contributed by atoms with Gasteiger partial charge in [-0.15, -0.1) is 0 Å². The summed E-state index contributed by atoms with van der Waals surface area (Å²) in [5.41, 5.74) is 1.84. The van der Waals surface area contributed by atoms with Crippen LogP contribution in [0.2, 0.25) is 0 Å². The van der Waals surface area contributed by atoms with E-state index in [4.69, 9.17) is 14.2 Å². The molecule has 1 fully saturated rings. The molecule has 33 heavy (non-hydrogen) atoms. The number of methoxy groups -OCH3 is 3. The Balaban J connectivity index is 1.62. The SMILES string of the molecule is COc1ccc(CCNC(=O)[C@H]2CCCN(S(=O)(=O)c3cc(C)ccc3OC)C2)cc1OC. The predicted octanol–water partition coefficient (Wildman–Crippen LogP) is 2.78. The first-order valence-electron chi connectivity index (χ1n) is 10.9. The maximum absolute atomic E-state index is 13.3. The zero-order chi connectivity index (χ0) is 24.0. The Hall–Kier alpha value is -2.78. The topological polar surface area (TPSA) is 94.2 Å². The number of hydrogen-bond acceptors (Lipinski definition) is 6. The van der Waals surface area contributed by atoms with Crippen molar-refractivity contribution in [1.29, 1.82) is 0 Å². The Kier molecular flexibility index (Phi) is 8.20. The van der Waals surface area contributed by atoms with Gasteiger partial charge in [0.25, 0.3) is 0 Å². The minimum Gasteiger partial charge on any atom is -0.495 e. The molecule has 180 valence electrons. The molecule has 0 aromatic heterocycles. The lowest BCUT2D eigenvalue weighted by molar-refractivity contribution is -0.126. The van der Waals surface area contributed by atoms with Crippen LogP contribution in [0.4, 0.5) is 0 Å². The summed E-state index contributed by atoms with van der Waals surface area (Å²) in [6, 6.07) is 10.7. The van der Waals surface area contributed by atoms with Crippen molar-refractivity contribution in [3.8, 4) is 17.2 Å². The summed E-state index contributed by atoms with van der Waals surface area (Å²) in [5.74, 6) is 1.07. The van der Waals surface area contributed by atoms with Gasteiger partial charge < -0.3 is 19.5 Å². The molecule has 0 bridgehead atoms. The maximum atomic E-state index is 13.3. The molecule has 1 N–H and O–H groups in total. The van der Waals surface area contributed by atoms with Crippen LogP contribution in [-0.2, 0) is 21.2 Å². The van der Waals surface area contributed by atoms with Crippen molar-refractivity contribution >= 4 is 15.9 Å². The number of carbonyl (C=O) groups excluding carboxylic acids is 1. The Bertz CT molecular complexity index is 1090. The van der Waals surface area contributed by atoms with E-state index in [1.165, 1.54) is 11.4 Å². The van der Waals surface area contributed by atoms with E-state index in [1.54, 1.807) is 26.4 Å². The normalized spacial score (nSPS) is 16.8. The fraction of sp³-hybridized carbons (Fsp3) is 0.458. The van der Waals surface area contributed by atoms with Crippen molar-refractivity contribution < 1.29 is 27.4 Å². The van der Waals surface area contributed by atoms with Crippen LogP contribution in [0, 0.1) is 12.8 Å². The number of hydrogen-bond donors (Lipinski definition) is 1. The van der Waals surface area contributed by atoms with Crippen molar-refractivity contribution in [1.82, 2.24) is 9.62 Å².